The summed E-state index contributed by atoms with van der Waals surface area (Å²) < 4.78 is 24.5. The molecule has 0 spiro atoms. The van der Waals surface area contributed by atoms with Gasteiger partial charge in [-0.3, -0.25) is 0 Å². The van der Waals surface area contributed by atoms with Crippen LogP contribution in [0.4, 0.5) is 5.69 Å². The van der Waals surface area contributed by atoms with Crippen molar-refractivity contribution in [1.82, 2.24) is 0 Å². The molecule has 0 bridgehead atoms. The summed E-state index contributed by atoms with van der Waals surface area (Å²) in [6.07, 6.45) is 1.71. The summed E-state index contributed by atoms with van der Waals surface area (Å²) in [4.78, 5) is 0.337. The largest absolute Gasteiger partial charge is 0.377 e. The molecule has 122 valence electrons. The van der Waals surface area contributed by atoms with E-state index in [1.165, 1.54) is 0 Å². The first-order chi connectivity index (χ1) is 10.9. The minimum Gasteiger partial charge on any atom is -0.377 e. The second-order valence-electron chi connectivity index (χ2n) is 5.59. The monoisotopic (exact) mass is 369 g/mol. The molecule has 0 aromatic heterocycles. The van der Waals surface area contributed by atoms with E-state index in [1.54, 1.807) is 31.2 Å². The number of nitrogens with one attached hydrogen (secondary N) is 1. The quantitative estimate of drug-likeness (QED) is 0.834. The number of halogens is 2. The minimum absolute atomic E-state index is 0.00871. The van der Waals surface area contributed by atoms with E-state index in [0.29, 0.717) is 20.6 Å². The van der Waals surface area contributed by atoms with E-state index < -0.39 is 9.84 Å². The zero-order valence-electron chi connectivity index (χ0n) is 12.6. The average Bonchev–Trinajstić information content (AvgIpc) is 2.91. The lowest BCUT2D eigenvalue weighted by atomic mass is 10.1. The molecule has 23 heavy (non-hydrogen) atoms. The van der Waals surface area contributed by atoms with Crippen LogP contribution in [0.5, 0.6) is 0 Å². The van der Waals surface area contributed by atoms with Gasteiger partial charge in [-0.1, -0.05) is 42.3 Å². The van der Waals surface area contributed by atoms with Crippen molar-refractivity contribution in [2.45, 2.75) is 30.7 Å². The number of hydrogen-bond donors (Lipinski definition) is 1. The van der Waals surface area contributed by atoms with Crippen molar-refractivity contribution >= 4 is 38.7 Å². The van der Waals surface area contributed by atoms with E-state index in [9.17, 15) is 8.42 Å². The number of hydrogen-bond acceptors (Lipinski definition) is 3. The first-order valence-electron chi connectivity index (χ1n) is 7.48. The highest BCUT2D eigenvalue weighted by Gasteiger charge is 2.26. The van der Waals surface area contributed by atoms with Crippen LogP contribution in [0.15, 0.2) is 41.3 Å². The molecule has 0 saturated carbocycles. The predicted molar refractivity (Wildman–Crippen MR) is 95.3 cm³/mol. The number of sulfone groups is 1. The molecule has 0 fully saturated rings. The van der Waals surface area contributed by atoms with Crippen LogP contribution in [0, 0.1) is 0 Å². The summed E-state index contributed by atoms with van der Waals surface area (Å²) in [6.45, 7) is 1.65. The van der Waals surface area contributed by atoms with Gasteiger partial charge in [-0.15, -0.1) is 0 Å². The molecule has 1 aliphatic carbocycles. The van der Waals surface area contributed by atoms with Crippen LogP contribution < -0.4 is 5.32 Å². The molecule has 3 rings (SSSR count). The van der Waals surface area contributed by atoms with Crippen molar-refractivity contribution in [3.63, 3.8) is 0 Å². The van der Waals surface area contributed by atoms with E-state index in [1.807, 2.05) is 12.1 Å². The standard InChI is InChI=1S/C17H17Cl2NO2S/c1-2-23(21,22)17-6-4-3-5-16(17)20-15-8-7-12-13(15)9-11(18)10-14(12)19/h3-6,9-10,15,20H,2,7-8H2,1H3. The summed E-state index contributed by atoms with van der Waals surface area (Å²) >= 11 is 12.4. The molecule has 3 nitrogen and oxygen atoms in total. The number of anilines is 1. The highest BCUT2D eigenvalue weighted by Crippen LogP contribution is 2.40. The number of benzene rings is 2. The number of para-hydroxylation sites is 1. The maximum Gasteiger partial charge on any atom is 0.180 e. The predicted octanol–water partition coefficient (Wildman–Crippen LogP) is 4.89. The maximum atomic E-state index is 12.3. The Morgan fingerprint density at radius 3 is 2.70 bits per heavy atom. The Morgan fingerprint density at radius 2 is 1.96 bits per heavy atom. The van der Waals surface area contributed by atoms with Crippen molar-refractivity contribution in [3.05, 3.63) is 57.6 Å². The summed E-state index contributed by atoms with van der Waals surface area (Å²) in [6, 6.07) is 10.7. The smallest absolute Gasteiger partial charge is 0.180 e. The number of rotatable bonds is 4. The number of fused-ring (bicyclic) bond motifs is 1. The van der Waals surface area contributed by atoms with Gasteiger partial charge < -0.3 is 5.32 Å². The fraction of sp³-hybridized carbons (Fsp3) is 0.294. The lowest BCUT2D eigenvalue weighted by molar-refractivity contribution is 0.597. The lowest BCUT2D eigenvalue weighted by Crippen LogP contribution is -2.12. The molecule has 0 radical (unpaired) electrons. The van der Waals surface area contributed by atoms with Gasteiger partial charge in [-0.25, -0.2) is 8.42 Å². The summed E-state index contributed by atoms with van der Waals surface area (Å²) in [7, 11) is -3.28. The van der Waals surface area contributed by atoms with Crippen LogP contribution in [0.25, 0.3) is 0 Å². The van der Waals surface area contributed by atoms with Crippen LogP contribution >= 0.6 is 23.2 Å². The van der Waals surface area contributed by atoms with Crippen molar-refractivity contribution in [1.29, 1.82) is 0 Å². The molecular weight excluding hydrogens is 353 g/mol. The van der Waals surface area contributed by atoms with Gasteiger partial charge in [-0.2, -0.15) is 0 Å². The van der Waals surface area contributed by atoms with Crippen LogP contribution in [0.1, 0.15) is 30.5 Å². The fourth-order valence-electron chi connectivity index (χ4n) is 2.99. The van der Waals surface area contributed by atoms with E-state index in [-0.39, 0.29) is 11.8 Å². The van der Waals surface area contributed by atoms with Crippen LogP contribution in [-0.4, -0.2) is 14.2 Å². The molecule has 1 N–H and O–H groups in total. The Bertz CT molecular complexity index is 850. The van der Waals surface area contributed by atoms with Crippen LogP contribution in [0.2, 0.25) is 10.0 Å². The van der Waals surface area contributed by atoms with Crippen molar-refractivity contribution in [2.24, 2.45) is 0 Å². The molecule has 0 aliphatic heterocycles. The van der Waals surface area contributed by atoms with Crippen LogP contribution in [0.3, 0.4) is 0 Å². The SMILES string of the molecule is CCS(=O)(=O)c1ccccc1NC1CCc2c(Cl)cc(Cl)cc21. The van der Waals surface area contributed by atoms with Crippen molar-refractivity contribution in [3.8, 4) is 0 Å². The van der Waals surface area contributed by atoms with E-state index in [0.717, 1.165) is 24.0 Å². The topological polar surface area (TPSA) is 46.2 Å². The normalized spacial score (nSPS) is 17.1. The van der Waals surface area contributed by atoms with Crippen LogP contribution in [-0.2, 0) is 16.3 Å². The summed E-state index contributed by atoms with van der Waals surface area (Å²) in [5, 5.41) is 4.63. The molecular formula is C17H17Cl2NO2S. The lowest BCUT2D eigenvalue weighted by Gasteiger charge is -2.18. The Morgan fingerprint density at radius 1 is 1.22 bits per heavy atom. The molecule has 1 atom stereocenters. The van der Waals surface area contributed by atoms with Gasteiger partial charge >= 0.3 is 0 Å². The summed E-state index contributed by atoms with van der Waals surface area (Å²) in [5.41, 5.74) is 2.76. The van der Waals surface area contributed by atoms with Crippen molar-refractivity contribution < 1.29 is 8.42 Å². The third-order valence-corrected chi connectivity index (χ3v) is 6.53. The summed E-state index contributed by atoms with van der Waals surface area (Å²) in [5.74, 6) is 0.0740. The van der Waals surface area contributed by atoms with Gasteiger partial charge in [-0.05, 0) is 48.2 Å². The first-order valence-corrected chi connectivity index (χ1v) is 9.89. The molecule has 2 aromatic carbocycles. The Hall–Kier alpha value is -1.23. The zero-order chi connectivity index (χ0) is 16.6. The van der Waals surface area contributed by atoms with Gasteiger partial charge in [0.25, 0.3) is 0 Å². The molecule has 6 heteroatoms. The molecule has 0 saturated heterocycles. The second kappa shape index (κ2) is 6.34. The Balaban J connectivity index is 1.98. The second-order valence-corrected chi connectivity index (χ2v) is 8.68. The highest BCUT2D eigenvalue weighted by molar-refractivity contribution is 7.91. The third-order valence-electron chi connectivity index (χ3n) is 4.19. The van der Waals surface area contributed by atoms with Gasteiger partial charge in [0, 0.05) is 10.0 Å². The van der Waals surface area contributed by atoms with Gasteiger partial charge in [0.2, 0.25) is 0 Å². The van der Waals surface area contributed by atoms with E-state index in [2.05, 4.69) is 5.32 Å². The average molecular weight is 370 g/mol. The Kier molecular flexibility index (Phi) is 4.59. The Labute approximate surface area is 146 Å². The fourth-order valence-corrected chi connectivity index (χ4v) is 4.66. The molecule has 1 unspecified atom stereocenters. The maximum absolute atomic E-state index is 12.3. The van der Waals surface area contributed by atoms with Crippen molar-refractivity contribution in [2.75, 3.05) is 11.1 Å². The highest BCUT2D eigenvalue weighted by atomic mass is 35.5. The first kappa shape index (κ1) is 16.6. The van der Waals surface area contributed by atoms with Gasteiger partial charge in [0.1, 0.15) is 0 Å². The minimum atomic E-state index is -3.28. The van der Waals surface area contributed by atoms with Gasteiger partial charge in [0.15, 0.2) is 9.84 Å². The van der Waals surface area contributed by atoms with Gasteiger partial charge in [0.05, 0.1) is 22.4 Å². The van der Waals surface area contributed by atoms with E-state index >= 15 is 0 Å². The third kappa shape index (κ3) is 3.21. The zero-order valence-corrected chi connectivity index (χ0v) is 15.0. The molecule has 1 aliphatic rings. The van der Waals surface area contributed by atoms with E-state index in [4.69, 9.17) is 23.2 Å². The molecule has 0 heterocycles. The molecule has 2 aromatic rings. The molecule has 0 amide bonds.